The van der Waals surface area contributed by atoms with E-state index in [2.05, 4.69) is 0 Å². The lowest BCUT2D eigenvalue weighted by atomic mass is 9.93. The maximum absolute atomic E-state index is 14.0. The first-order valence-electron chi connectivity index (χ1n) is 9.29. The van der Waals surface area contributed by atoms with Crippen LogP contribution in [0, 0.1) is 11.6 Å². The van der Waals surface area contributed by atoms with E-state index in [4.69, 9.17) is 0 Å². The van der Waals surface area contributed by atoms with Gasteiger partial charge in [0.1, 0.15) is 0 Å². The van der Waals surface area contributed by atoms with Gasteiger partial charge in [-0.2, -0.15) is 39.5 Å². The van der Waals surface area contributed by atoms with Crippen molar-refractivity contribution >= 4 is 15.7 Å². The zero-order valence-corrected chi connectivity index (χ0v) is 17.9. The van der Waals surface area contributed by atoms with Gasteiger partial charge in [-0.3, -0.25) is 4.72 Å². The summed E-state index contributed by atoms with van der Waals surface area (Å²) in [5, 5.41) is 0. The molecule has 0 unspecified atom stereocenters. The summed E-state index contributed by atoms with van der Waals surface area (Å²) < 4.78 is 176. The second-order valence-electron chi connectivity index (χ2n) is 7.17. The number of benzene rings is 3. The third-order valence-corrected chi connectivity index (χ3v) is 6.10. The van der Waals surface area contributed by atoms with Crippen LogP contribution >= 0.6 is 0 Å². The van der Waals surface area contributed by atoms with E-state index >= 15 is 0 Å². The first-order chi connectivity index (χ1) is 16.3. The highest BCUT2D eigenvalue weighted by molar-refractivity contribution is 7.92. The molecule has 0 aliphatic heterocycles. The Morgan fingerprint density at radius 3 is 1.56 bits per heavy atom. The molecule has 0 bridgehead atoms. The Morgan fingerprint density at radius 2 is 1.11 bits per heavy atom. The molecule has 0 radical (unpaired) electrons. The Balaban J connectivity index is 2.41. The molecule has 1 N–H and O–H groups in total. The van der Waals surface area contributed by atoms with Gasteiger partial charge in [-0.15, -0.1) is 0 Å². The minimum Gasteiger partial charge on any atom is -0.280 e. The van der Waals surface area contributed by atoms with Crippen LogP contribution in [-0.4, -0.2) is 8.42 Å². The third-order valence-electron chi connectivity index (χ3n) is 4.68. The second-order valence-corrected chi connectivity index (χ2v) is 8.82. The molecule has 0 saturated heterocycles. The molecule has 3 nitrogen and oxygen atoms in total. The van der Waals surface area contributed by atoms with E-state index in [-0.39, 0.29) is 17.8 Å². The lowest BCUT2D eigenvalue weighted by Gasteiger charge is -2.23. The van der Waals surface area contributed by atoms with Crippen molar-refractivity contribution in [1.29, 1.82) is 0 Å². The maximum Gasteiger partial charge on any atom is 0.417 e. The van der Waals surface area contributed by atoms with Gasteiger partial charge in [0.05, 0.1) is 21.6 Å². The number of halogens is 11. The van der Waals surface area contributed by atoms with Gasteiger partial charge in [0.2, 0.25) is 0 Å². The fourth-order valence-electron chi connectivity index (χ4n) is 3.24. The van der Waals surface area contributed by atoms with Gasteiger partial charge in [0.25, 0.3) is 10.0 Å². The zero-order chi connectivity index (χ0) is 27.3. The van der Waals surface area contributed by atoms with E-state index in [9.17, 15) is 56.7 Å². The Hall–Kier alpha value is -3.36. The molecule has 3 aromatic rings. The highest BCUT2D eigenvalue weighted by Crippen LogP contribution is 2.49. The smallest absolute Gasteiger partial charge is 0.280 e. The molecule has 0 atom stereocenters. The van der Waals surface area contributed by atoms with Crippen LogP contribution in [0.2, 0.25) is 0 Å². The predicted octanol–water partition coefficient (Wildman–Crippen LogP) is 7.49. The fraction of sp³-hybridized carbons (Fsp3) is 0.143. The Labute approximate surface area is 195 Å². The van der Waals surface area contributed by atoms with Gasteiger partial charge in [0.15, 0.2) is 11.6 Å². The average Bonchev–Trinajstić information content (AvgIpc) is 2.73. The lowest BCUT2D eigenvalue weighted by molar-refractivity contribution is -0.174. The minimum atomic E-state index is -6.13. The third kappa shape index (κ3) is 5.55. The molecule has 0 aliphatic carbocycles. The molecule has 0 spiro atoms. The molecule has 0 fully saturated rings. The van der Waals surface area contributed by atoms with Gasteiger partial charge < -0.3 is 0 Å². The Bertz CT molecular complexity index is 1360. The maximum atomic E-state index is 14.0. The number of alkyl halides is 9. The highest BCUT2D eigenvalue weighted by atomic mass is 32.2. The summed E-state index contributed by atoms with van der Waals surface area (Å²) in [6.45, 7) is 0. The first kappa shape index (κ1) is 27.2. The summed E-state index contributed by atoms with van der Waals surface area (Å²) in [5.41, 5.74) is -11.5. The summed E-state index contributed by atoms with van der Waals surface area (Å²) in [4.78, 5) is -1.33. The van der Waals surface area contributed by atoms with E-state index in [0.29, 0.717) is 0 Å². The number of hydrogen-bond donors (Lipinski definition) is 1. The van der Waals surface area contributed by atoms with Crippen LogP contribution < -0.4 is 4.72 Å². The standard InChI is InChI=1S/C21H10F11NO2S/c22-15-8-12(17(9-16(15)23)36(34,35)33-11-4-2-1-3-5-11)10-6-13(19(24,25)26)18(21(30,31)32)14(7-10)20(27,28)29/h1-9,33H. The van der Waals surface area contributed by atoms with Crippen molar-refractivity contribution < 1.29 is 56.7 Å². The van der Waals surface area contributed by atoms with Crippen molar-refractivity contribution in [2.24, 2.45) is 0 Å². The average molecular weight is 549 g/mol. The quantitative estimate of drug-likeness (QED) is 0.343. The summed E-state index contributed by atoms with van der Waals surface area (Å²) in [5.74, 6) is -3.73. The normalized spacial score (nSPS) is 13.1. The molecule has 3 aromatic carbocycles. The van der Waals surface area contributed by atoms with Crippen molar-refractivity contribution in [3.8, 4) is 11.1 Å². The van der Waals surface area contributed by atoms with Gasteiger partial charge in [-0.05, 0) is 42.0 Å². The van der Waals surface area contributed by atoms with Crippen molar-refractivity contribution in [3.63, 3.8) is 0 Å². The summed E-state index contributed by atoms with van der Waals surface area (Å²) in [7, 11) is -5.01. The fourth-order valence-corrected chi connectivity index (χ4v) is 4.52. The molecule has 0 aliphatic rings. The van der Waals surface area contributed by atoms with Crippen LogP contribution in [0.5, 0.6) is 0 Å². The van der Waals surface area contributed by atoms with Crippen molar-refractivity contribution in [1.82, 2.24) is 0 Å². The van der Waals surface area contributed by atoms with E-state index < -0.39 is 85.0 Å². The molecule has 0 amide bonds. The highest BCUT2D eigenvalue weighted by Gasteiger charge is 2.50. The predicted molar refractivity (Wildman–Crippen MR) is 104 cm³/mol. The van der Waals surface area contributed by atoms with Crippen molar-refractivity contribution in [2.45, 2.75) is 23.4 Å². The van der Waals surface area contributed by atoms with E-state index in [1.165, 1.54) is 30.3 Å². The van der Waals surface area contributed by atoms with Crippen LogP contribution in [0.25, 0.3) is 11.1 Å². The molecule has 0 heterocycles. The molecular formula is C21H10F11NO2S. The molecule has 3 rings (SSSR count). The molecule has 36 heavy (non-hydrogen) atoms. The van der Waals surface area contributed by atoms with Gasteiger partial charge in [-0.1, -0.05) is 18.2 Å². The van der Waals surface area contributed by atoms with Crippen LogP contribution in [0.4, 0.5) is 54.0 Å². The van der Waals surface area contributed by atoms with Gasteiger partial charge >= 0.3 is 18.5 Å². The summed E-state index contributed by atoms with van der Waals surface area (Å²) in [6.07, 6.45) is -18.1. The minimum absolute atomic E-state index is 0.0197. The monoisotopic (exact) mass is 549 g/mol. The molecule has 0 saturated carbocycles. The van der Waals surface area contributed by atoms with Gasteiger partial charge in [0, 0.05) is 11.3 Å². The summed E-state index contributed by atoms with van der Waals surface area (Å²) in [6, 6.07) is 5.62. The van der Waals surface area contributed by atoms with Crippen LogP contribution in [-0.2, 0) is 28.6 Å². The van der Waals surface area contributed by atoms with Crippen LogP contribution in [0.1, 0.15) is 16.7 Å². The number of nitrogens with one attached hydrogen (secondary N) is 1. The van der Waals surface area contributed by atoms with E-state index in [1.807, 2.05) is 4.72 Å². The second kappa shape index (κ2) is 8.94. The molecule has 15 heteroatoms. The number of hydrogen-bond acceptors (Lipinski definition) is 2. The number of para-hydroxylation sites is 1. The number of rotatable bonds is 4. The first-order valence-corrected chi connectivity index (χ1v) is 10.8. The Morgan fingerprint density at radius 1 is 0.639 bits per heavy atom. The zero-order valence-electron chi connectivity index (χ0n) is 17.1. The molecule has 194 valence electrons. The number of anilines is 1. The van der Waals surface area contributed by atoms with E-state index in [0.717, 1.165) is 0 Å². The van der Waals surface area contributed by atoms with Crippen molar-refractivity contribution in [2.75, 3.05) is 4.72 Å². The van der Waals surface area contributed by atoms with E-state index in [1.54, 1.807) is 0 Å². The molecular weight excluding hydrogens is 539 g/mol. The van der Waals surface area contributed by atoms with Crippen LogP contribution in [0.15, 0.2) is 59.5 Å². The Kier molecular flexibility index (Phi) is 6.76. The van der Waals surface area contributed by atoms with Gasteiger partial charge in [-0.25, -0.2) is 17.2 Å². The lowest BCUT2D eigenvalue weighted by Crippen LogP contribution is -2.23. The topological polar surface area (TPSA) is 46.2 Å². The SMILES string of the molecule is O=S(=O)(Nc1ccccc1)c1cc(F)c(F)cc1-c1cc(C(F)(F)F)c(C(F)(F)F)c(C(F)(F)F)c1. The largest absolute Gasteiger partial charge is 0.417 e. The van der Waals surface area contributed by atoms with Crippen molar-refractivity contribution in [3.05, 3.63) is 82.9 Å². The summed E-state index contributed by atoms with van der Waals surface area (Å²) >= 11 is 0. The number of sulfonamides is 1. The molecule has 0 aromatic heterocycles. The van der Waals surface area contributed by atoms with Crippen LogP contribution in [0.3, 0.4) is 0 Å².